The van der Waals surface area contributed by atoms with Crippen molar-refractivity contribution in [2.24, 2.45) is 11.7 Å². The molecule has 0 heterocycles. The quantitative estimate of drug-likeness (QED) is 0.807. The molecule has 4 unspecified atom stereocenters. The smallest absolute Gasteiger partial charge is 0.157 e. The first-order valence-corrected chi connectivity index (χ1v) is 7.48. The molecule has 1 rings (SSSR count). The van der Waals surface area contributed by atoms with Gasteiger partial charge in [0.1, 0.15) is 0 Å². The van der Waals surface area contributed by atoms with Crippen LogP contribution in [0.1, 0.15) is 46.5 Å². The number of nitrogens with two attached hydrogens (primary N) is 1. The molecule has 4 atom stereocenters. The standard InChI is InChI=1S/C11H23NO2S/c1-4-9(3)15(13,14)11-7-8(2)5-6-10(11)12/h8-11H,4-7,12H2,1-3H3. The fraction of sp³-hybridized carbons (Fsp3) is 1.00. The van der Waals surface area contributed by atoms with E-state index >= 15 is 0 Å². The van der Waals surface area contributed by atoms with Crippen LogP contribution in [-0.4, -0.2) is 25.0 Å². The van der Waals surface area contributed by atoms with E-state index in [1.165, 1.54) is 0 Å². The Morgan fingerprint density at radius 2 is 2.00 bits per heavy atom. The highest BCUT2D eigenvalue weighted by molar-refractivity contribution is 7.92. The molecule has 0 saturated heterocycles. The molecule has 0 aromatic heterocycles. The second-order valence-corrected chi connectivity index (χ2v) is 7.52. The van der Waals surface area contributed by atoms with Crippen LogP contribution in [0.15, 0.2) is 0 Å². The first-order valence-electron chi connectivity index (χ1n) is 5.87. The molecule has 0 spiro atoms. The average molecular weight is 233 g/mol. The van der Waals surface area contributed by atoms with Gasteiger partial charge in [-0.25, -0.2) is 8.42 Å². The van der Waals surface area contributed by atoms with Crippen LogP contribution >= 0.6 is 0 Å². The van der Waals surface area contributed by atoms with Gasteiger partial charge in [0.05, 0.1) is 10.5 Å². The predicted octanol–water partition coefficient (Wildman–Crippen LogP) is 1.72. The van der Waals surface area contributed by atoms with Gasteiger partial charge >= 0.3 is 0 Å². The maximum Gasteiger partial charge on any atom is 0.157 e. The van der Waals surface area contributed by atoms with E-state index in [0.717, 1.165) is 19.3 Å². The van der Waals surface area contributed by atoms with Gasteiger partial charge in [0.25, 0.3) is 0 Å². The van der Waals surface area contributed by atoms with Gasteiger partial charge in [-0.05, 0) is 38.5 Å². The topological polar surface area (TPSA) is 60.2 Å². The van der Waals surface area contributed by atoms with E-state index in [-0.39, 0.29) is 16.5 Å². The van der Waals surface area contributed by atoms with Crippen molar-refractivity contribution in [3.63, 3.8) is 0 Å². The number of sulfone groups is 1. The number of hydrogen-bond acceptors (Lipinski definition) is 3. The van der Waals surface area contributed by atoms with E-state index in [1.807, 2.05) is 6.92 Å². The lowest BCUT2D eigenvalue weighted by Gasteiger charge is -2.33. The predicted molar refractivity (Wildman–Crippen MR) is 63.5 cm³/mol. The van der Waals surface area contributed by atoms with Crippen molar-refractivity contribution in [1.29, 1.82) is 0 Å². The van der Waals surface area contributed by atoms with Crippen LogP contribution in [-0.2, 0) is 9.84 Å². The molecule has 1 fully saturated rings. The van der Waals surface area contributed by atoms with Crippen molar-refractivity contribution in [2.75, 3.05) is 0 Å². The number of hydrogen-bond donors (Lipinski definition) is 1. The van der Waals surface area contributed by atoms with E-state index in [2.05, 4.69) is 6.92 Å². The molecular weight excluding hydrogens is 210 g/mol. The van der Waals surface area contributed by atoms with Crippen molar-refractivity contribution in [1.82, 2.24) is 0 Å². The van der Waals surface area contributed by atoms with Crippen molar-refractivity contribution in [2.45, 2.75) is 63.0 Å². The lowest BCUT2D eigenvalue weighted by atomic mass is 9.87. The summed E-state index contributed by atoms with van der Waals surface area (Å²) in [6.07, 6.45) is 3.34. The third-order valence-corrected chi connectivity index (χ3v) is 6.50. The van der Waals surface area contributed by atoms with Crippen LogP contribution in [0.3, 0.4) is 0 Å². The van der Waals surface area contributed by atoms with Crippen LogP contribution in [0.2, 0.25) is 0 Å². The van der Waals surface area contributed by atoms with Gasteiger partial charge in [0.2, 0.25) is 0 Å². The Balaban J connectivity index is 2.85. The maximum absolute atomic E-state index is 12.2. The second kappa shape index (κ2) is 4.83. The van der Waals surface area contributed by atoms with Crippen LogP contribution < -0.4 is 5.73 Å². The lowest BCUT2D eigenvalue weighted by molar-refractivity contribution is 0.345. The summed E-state index contributed by atoms with van der Waals surface area (Å²) in [6.45, 7) is 5.83. The third kappa shape index (κ3) is 2.72. The van der Waals surface area contributed by atoms with Crippen LogP contribution in [0.25, 0.3) is 0 Å². The largest absolute Gasteiger partial charge is 0.327 e. The highest BCUT2D eigenvalue weighted by Gasteiger charge is 2.38. The number of rotatable bonds is 3. The van der Waals surface area contributed by atoms with E-state index < -0.39 is 9.84 Å². The highest BCUT2D eigenvalue weighted by atomic mass is 32.2. The Kier molecular flexibility index (Phi) is 4.18. The first kappa shape index (κ1) is 13.0. The minimum atomic E-state index is -3.02. The summed E-state index contributed by atoms with van der Waals surface area (Å²) in [5, 5.41) is -0.560. The summed E-state index contributed by atoms with van der Waals surface area (Å²) >= 11 is 0. The summed E-state index contributed by atoms with van der Waals surface area (Å²) < 4.78 is 24.4. The normalized spacial score (nSPS) is 35.1. The summed E-state index contributed by atoms with van der Waals surface area (Å²) in [7, 11) is -3.02. The van der Waals surface area contributed by atoms with Gasteiger partial charge in [-0.1, -0.05) is 13.8 Å². The van der Waals surface area contributed by atoms with E-state index in [4.69, 9.17) is 5.73 Å². The zero-order valence-corrected chi connectivity index (χ0v) is 10.8. The average Bonchev–Trinajstić information content (AvgIpc) is 2.20. The van der Waals surface area contributed by atoms with Crippen LogP contribution in [0, 0.1) is 5.92 Å². The molecule has 0 aromatic carbocycles. The van der Waals surface area contributed by atoms with E-state index in [0.29, 0.717) is 12.3 Å². The maximum atomic E-state index is 12.2. The summed E-state index contributed by atoms with van der Waals surface area (Å²) in [5.74, 6) is 0.494. The minimum Gasteiger partial charge on any atom is -0.327 e. The molecule has 1 aliphatic rings. The molecule has 0 bridgehead atoms. The lowest BCUT2D eigenvalue weighted by Crippen LogP contribution is -2.47. The van der Waals surface area contributed by atoms with Crippen LogP contribution in [0.5, 0.6) is 0 Å². The molecule has 90 valence electrons. The van der Waals surface area contributed by atoms with Gasteiger partial charge in [-0.2, -0.15) is 0 Å². The summed E-state index contributed by atoms with van der Waals surface area (Å²) in [6, 6.07) is -0.153. The third-order valence-electron chi connectivity index (χ3n) is 3.66. The van der Waals surface area contributed by atoms with Crippen LogP contribution in [0.4, 0.5) is 0 Å². The molecule has 0 amide bonds. The Bertz CT molecular complexity index is 300. The van der Waals surface area contributed by atoms with Crippen molar-refractivity contribution in [3.8, 4) is 0 Å². The Labute approximate surface area is 93.3 Å². The molecule has 0 radical (unpaired) electrons. The first-order chi connectivity index (χ1) is 6.89. The minimum absolute atomic E-state index is 0.153. The van der Waals surface area contributed by atoms with Crippen molar-refractivity contribution in [3.05, 3.63) is 0 Å². The Hall–Kier alpha value is -0.0900. The molecule has 4 heteroatoms. The second-order valence-electron chi connectivity index (χ2n) is 4.93. The van der Waals surface area contributed by atoms with Gasteiger partial charge in [-0.15, -0.1) is 0 Å². The van der Waals surface area contributed by atoms with Gasteiger partial charge in [0, 0.05) is 6.04 Å². The van der Waals surface area contributed by atoms with Gasteiger partial charge < -0.3 is 5.73 Å². The molecule has 0 aliphatic heterocycles. The van der Waals surface area contributed by atoms with E-state index in [9.17, 15) is 8.42 Å². The molecule has 1 aliphatic carbocycles. The fourth-order valence-electron chi connectivity index (χ4n) is 2.26. The zero-order valence-electron chi connectivity index (χ0n) is 9.94. The zero-order chi connectivity index (χ0) is 11.6. The summed E-state index contributed by atoms with van der Waals surface area (Å²) in [5.41, 5.74) is 5.94. The molecule has 15 heavy (non-hydrogen) atoms. The molecular formula is C11H23NO2S. The monoisotopic (exact) mass is 233 g/mol. The van der Waals surface area contributed by atoms with Crippen molar-refractivity contribution >= 4 is 9.84 Å². The SMILES string of the molecule is CCC(C)S(=O)(=O)C1CC(C)CCC1N. The van der Waals surface area contributed by atoms with Gasteiger partial charge in [-0.3, -0.25) is 0 Å². The summed E-state index contributed by atoms with van der Waals surface area (Å²) in [4.78, 5) is 0. The van der Waals surface area contributed by atoms with E-state index in [1.54, 1.807) is 6.92 Å². The fourth-order valence-corrected chi connectivity index (χ4v) is 4.54. The van der Waals surface area contributed by atoms with Gasteiger partial charge in [0.15, 0.2) is 9.84 Å². The van der Waals surface area contributed by atoms with Crippen molar-refractivity contribution < 1.29 is 8.42 Å². The molecule has 2 N–H and O–H groups in total. The highest BCUT2D eigenvalue weighted by Crippen LogP contribution is 2.30. The Morgan fingerprint density at radius 3 is 2.53 bits per heavy atom. The molecule has 3 nitrogen and oxygen atoms in total. The molecule has 1 saturated carbocycles. The Morgan fingerprint density at radius 1 is 1.40 bits per heavy atom. The molecule has 0 aromatic rings.